The lowest BCUT2D eigenvalue weighted by Gasteiger charge is -2.22. The van der Waals surface area contributed by atoms with Gasteiger partial charge in [-0.2, -0.15) is 0 Å². The van der Waals surface area contributed by atoms with Crippen LogP contribution in [0.4, 0.5) is 13.2 Å². The molecule has 1 unspecified atom stereocenters. The van der Waals surface area contributed by atoms with Gasteiger partial charge in [0.2, 0.25) is 5.79 Å². The van der Waals surface area contributed by atoms with Crippen molar-refractivity contribution in [2.24, 2.45) is 5.73 Å². The molecule has 0 radical (unpaired) electrons. The molecule has 2 N–H and O–H groups in total. The fourth-order valence-electron chi connectivity index (χ4n) is 0.946. The maximum Gasteiger partial charge on any atom is 0.213 e. The number of allylic oxidation sites excluding steroid dienone is 1. The molecule has 0 aromatic rings. The molecular formula is C6H8F3N. The van der Waals surface area contributed by atoms with E-state index in [-0.39, 0.29) is 19.3 Å². The van der Waals surface area contributed by atoms with Gasteiger partial charge >= 0.3 is 0 Å². The third kappa shape index (κ3) is 1.16. The van der Waals surface area contributed by atoms with E-state index in [9.17, 15) is 13.2 Å². The lowest BCUT2D eigenvalue weighted by atomic mass is 9.99. The zero-order chi connectivity index (χ0) is 7.78. The molecule has 0 amide bonds. The van der Waals surface area contributed by atoms with Gasteiger partial charge in [-0.15, -0.1) is 0 Å². The molecule has 58 valence electrons. The van der Waals surface area contributed by atoms with Crippen LogP contribution in [0.2, 0.25) is 0 Å². The monoisotopic (exact) mass is 151 g/mol. The summed E-state index contributed by atoms with van der Waals surface area (Å²) in [6.45, 7) is 0. The van der Waals surface area contributed by atoms with Crippen molar-refractivity contribution in [3.8, 4) is 0 Å². The molecule has 10 heavy (non-hydrogen) atoms. The zero-order valence-corrected chi connectivity index (χ0v) is 5.33. The van der Waals surface area contributed by atoms with Gasteiger partial charge in [-0.1, -0.05) is 0 Å². The third-order valence-electron chi connectivity index (χ3n) is 1.54. The second-order valence-electron chi connectivity index (χ2n) is 2.43. The molecule has 0 heterocycles. The Bertz CT molecular complexity index is 174. The summed E-state index contributed by atoms with van der Waals surface area (Å²) < 4.78 is 37.2. The Labute approximate surface area is 56.7 Å². The van der Waals surface area contributed by atoms with E-state index in [0.29, 0.717) is 0 Å². The van der Waals surface area contributed by atoms with E-state index in [0.717, 1.165) is 0 Å². The first kappa shape index (κ1) is 7.60. The first-order chi connectivity index (χ1) is 4.54. The molecule has 0 fully saturated rings. The van der Waals surface area contributed by atoms with E-state index in [1.165, 1.54) is 0 Å². The van der Waals surface area contributed by atoms with Crippen LogP contribution in [-0.4, -0.2) is 5.79 Å². The molecule has 1 aliphatic carbocycles. The molecule has 4 heteroatoms. The Kier molecular flexibility index (Phi) is 1.72. The van der Waals surface area contributed by atoms with E-state index in [1.807, 2.05) is 0 Å². The van der Waals surface area contributed by atoms with Crippen LogP contribution in [0.25, 0.3) is 0 Å². The van der Waals surface area contributed by atoms with Crippen molar-refractivity contribution in [3.05, 3.63) is 11.7 Å². The normalized spacial score (nSPS) is 34.8. The Morgan fingerprint density at radius 2 is 2.00 bits per heavy atom. The fourth-order valence-corrected chi connectivity index (χ4v) is 0.946. The smallest absolute Gasteiger partial charge is 0.213 e. The van der Waals surface area contributed by atoms with Crippen LogP contribution in [0.5, 0.6) is 0 Å². The predicted molar refractivity (Wildman–Crippen MR) is 31.1 cm³/mol. The Balaban J connectivity index is 2.89. The molecule has 0 saturated carbocycles. The minimum Gasteiger partial charge on any atom is -0.293 e. The average molecular weight is 151 g/mol. The summed E-state index contributed by atoms with van der Waals surface area (Å²) >= 11 is 0. The van der Waals surface area contributed by atoms with Crippen molar-refractivity contribution in [2.75, 3.05) is 0 Å². The van der Waals surface area contributed by atoms with Gasteiger partial charge < -0.3 is 0 Å². The predicted octanol–water partition coefficient (Wildman–Crippen LogP) is 1.95. The molecule has 0 saturated heterocycles. The molecule has 0 aromatic heterocycles. The minimum atomic E-state index is -2.55. The summed E-state index contributed by atoms with van der Waals surface area (Å²) in [5, 5.41) is 0. The molecule has 0 spiro atoms. The van der Waals surface area contributed by atoms with E-state index >= 15 is 0 Å². The van der Waals surface area contributed by atoms with Crippen molar-refractivity contribution in [2.45, 2.75) is 25.1 Å². The molecule has 1 nitrogen and oxygen atoms in total. The Hall–Kier alpha value is -0.510. The standard InChI is InChI=1S/C6H8F3N/c7-4-2-1-3-6(9,10)5(4)8/h1-3,10H2. The summed E-state index contributed by atoms with van der Waals surface area (Å²) in [5.74, 6) is -5.03. The van der Waals surface area contributed by atoms with E-state index < -0.39 is 17.4 Å². The summed E-state index contributed by atoms with van der Waals surface area (Å²) in [6.07, 6.45) is 0.104. The minimum absolute atomic E-state index is 0.0330. The molecular weight excluding hydrogens is 143 g/mol. The Morgan fingerprint density at radius 3 is 2.40 bits per heavy atom. The number of rotatable bonds is 0. The summed E-state index contributed by atoms with van der Waals surface area (Å²) in [4.78, 5) is 0. The molecule has 0 aromatic carbocycles. The number of nitrogens with two attached hydrogens (primary N) is 1. The zero-order valence-electron chi connectivity index (χ0n) is 5.33. The SMILES string of the molecule is NC1(F)CCCC(F)=C1F. The highest BCUT2D eigenvalue weighted by atomic mass is 19.2. The topological polar surface area (TPSA) is 26.0 Å². The maximum absolute atomic E-state index is 12.6. The second kappa shape index (κ2) is 2.27. The van der Waals surface area contributed by atoms with Crippen molar-refractivity contribution < 1.29 is 13.2 Å². The molecule has 1 rings (SSSR count). The lowest BCUT2D eigenvalue weighted by molar-refractivity contribution is 0.143. The van der Waals surface area contributed by atoms with Crippen LogP contribution in [0.1, 0.15) is 19.3 Å². The van der Waals surface area contributed by atoms with Gasteiger partial charge in [0.25, 0.3) is 0 Å². The largest absolute Gasteiger partial charge is 0.293 e. The van der Waals surface area contributed by atoms with Gasteiger partial charge in [0.15, 0.2) is 5.83 Å². The number of hydrogen-bond donors (Lipinski definition) is 1. The highest BCUT2D eigenvalue weighted by Crippen LogP contribution is 2.34. The second-order valence-corrected chi connectivity index (χ2v) is 2.43. The summed E-state index contributed by atoms with van der Waals surface area (Å²) in [5.41, 5.74) is 4.77. The Morgan fingerprint density at radius 1 is 1.40 bits per heavy atom. The van der Waals surface area contributed by atoms with Crippen LogP contribution < -0.4 is 5.73 Å². The van der Waals surface area contributed by atoms with Gasteiger partial charge in [-0.05, 0) is 6.42 Å². The number of alkyl halides is 1. The first-order valence-corrected chi connectivity index (χ1v) is 3.06. The molecule has 0 aliphatic heterocycles. The number of hydrogen-bond acceptors (Lipinski definition) is 1. The van der Waals surface area contributed by atoms with Gasteiger partial charge in [0.05, 0.1) is 0 Å². The highest BCUT2D eigenvalue weighted by Gasteiger charge is 2.36. The summed E-state index contributed by atoms with van der Waals surface area (Å²) in [7, 11) is 0. The van der Waals surface area contributed by atoms with Crippen LogP contribution in [0.15, 0.2) is 11.7 Å². The van der Waals surface area contributed by atoms with Crippen LogP contribution in [-0.2, 0) is 0 Å². The fraction of sp³-hybridized carbons (Fsp3) is 0.667. The van der Waals surface area contributed by atoms with Gasteiger partial charge in [-0.25, -0.2) is 13.2 Å². The maximum atomic E-state index is 12.6. The summed E-state index contributed by atoms with van der Waals surface area (Å²) in [6, 6.07) is 0. The van der Waals surface area contributed by atoms with Crippen LogP contribution >= 0.6 is 0 Å². The van der Waals surface area contributed by atoms with Gasteiger partial charge in [0, 0.05) is 12.8 Å². The molecule has 1 atom stereocenters. The van der Waals surface area contributed by atoms with Crippen molar-refractivity contribution in [1.82, 2.24) is 0 Å². The van der Waals surface area contributed by atoms with Crippen molar-refractivity contribution in [3.63, 3.8) is 0 Å². The van der Waals surface area contributed by atoms with Crippen molar-refractivity contribution >= 4 is 0 Å². The van der Waals surface area contributed by atoms with Crippen LogP contribution in [0, 0.1) is 0 Å². The first-order valence-electron chi connectivity index (χ1n) is 3.06. The van der Waals surface area contributed by atoms with Crippen molar-refractivity contribution in [1.29, 1.82) is 0 Å². The van der Waals surface area contributed by atoms with E-state index in [1.54, 1.807) is 0 Å². The third-order valence-corrected chi connectivity index (χ3v) is 1.54. The molecule has 0 bridgehead atoms. The van der Waals surface area contributed by atoms with Gasteiger partial charge in [0.1, 0.15) is 5.83 Å². The van der Waals surface area contributed by atoms with E-state index in [4.69, 9.17) is 5.73 Å². The quantitative estimate of drug-likeness (QED) is 0.526. The molecule has 1 aliphatic rings. The van der Waals surface area contributed by atoms with Crippen LogP contribution in [0.3, 0.4) is 0 Å². The lowest BCUT2D eigenvalue weighted by Crippen LogP contribution is -2.37. The highest BCUT2D eigenvalue weighted by molar-refractivity contribution is 5.14. The van der Waals surface area contributed by atoms with E-state index in [2.05, 4.69) is 0 Å². The number of halogens is 3. The average Bonchev–Trinajstić information content (AvgIpc) is 1.83. The van der Waals surface area contributed by atoms with Gasteiger partial charge in [-0.3, -0.25) is 5.73 Å².